The van der Waals surface area contributed by atoms with Crippen LogP contribution in [0.4, 0.5) is 0 Å². The summed E-state index contributed by atoms with van der Waals surface area (Å²) in [4.78, 5) is 1.35. The van der Waals surface area contributed by atoms with Crippen LogP contribution in [0.2, 0.25) is 32.7 Å². The quantitative estimate of drug-likeness (QED) is 0.580. The first-order valence-corrected chi connectivity index (χ1v) is 13.2. The SMILES string of the molecule is C[Si](C)(C)O[Si](C)(C)CSc1ccccc1. The molecule has 16 heavy (non-hydrogen) atoms. The third kappa shape index (κ3) is 5.89. The molecular weight excluding hydrogens is 248 g/mol. The van der Waals surface area contributed by atoms with E-state index in [1.165, 1.54) is 4.90 Å². The summed E-state index contributed by atoms with van der Waals surface area (Å²) >= 11 is 1.93. The van der Waals surface area contributed by atoms with E-state index in [9.17, 15) is 0 Å². The fourth-order valence-electron chi connectivity index (χ4n) is 1.63. The maximum absolute atomic E-state index is 6.30. The highest BCUT2D eigenvalue weighted by atomic mass is 32.2. The van der Waals surface area contributed by atoms with Gasteiger partial charge in [0.2, 0.25) is 0 Å². The van der Waals surface area contributed by atoms with Crippen molar-refractivity contribution in [2.24, 2.45) is 0 Å². The lowest BCUT2D eigenvalue weighted by molar-refractivity contribution is 0.558. The van der Waals surface area contributed by atoms with E-state index >= 15 is 0 Å². The molecule has 0 spiro atoms. The van der Waals surface area contributed by atoms with Crippen molar-refractivity contribution >= 4 is 28.4 Å². The van der Waals surface area contributed by atoms with Gasteiger partial charge < -0.3 is 4.12 Å². The van der Waals surface area contributed by atoms with E-state index in [0.717, 1.165) is 5.38 Å². The third-order valence-corrected chi connectivity index (χ3v) is 10.5. The highest BCUT2D eigenvalue weighted by Gasteiger charge is 2.29. The molecule has 0 N–H and O–H groups in total. The molecule has 0 atom stereocenters. The highest BCUT2D eigenvalue weighted by Crippen LogP contribution is 2.24. The van der Waals surface area contributed by atoms with Gasteiger partial charge in [-0.05, 0) is 44.9 Å². The van der Waals surface area contributed by atoms with Crippen LogP contribution in [0, 0.1) is 0 Å². The van der Waals surface area contributed by atoms with Crippen molar-refractivity contribution in [2.75, 3.05) is 5.38 Å². The second kappa shape index (κ2) is 5.53. The predicted molar refractivity (Wildman–Crippen MR) is 79.1 cm³/mol. The Bertz CT molecular complexity index is 320. The molecule has 0 aliphatic rings. The van der Waals surface area contributed by atoms with Crippen molar-refractivity contribution in [1.82, 2.24) is 0 Å². The van der Waals surface area contributed by atoms with Gasteiger partial charge in [-0.1, -0.05) is 18.2 Å². The maximum atomic E-state index is 6.30. The van der Waals surface area contributed by atoms with E-state index in [0.29, 0.717) is 0 Å². The molecule has 0 radical (unpaired) electrons. The first-order chi connectivity index (χ1) is 7.29. The molecule has 0 aliphatic heterocycles. The first kappa shape index (κ1) is 14.0. The van der Waals surface area contributed by atoms with Gasteiger partial charge in [-0.3, -0.25) is 0 Å². The van der Waals surface area contributed by atoms with Gasteiger partial charge in [0.05, 0.1) is 0 Å². The molecule has 0 heterocycles. The van der Waals surface area contributed by atoms with Crippen LogP contribution in [-0.4, -0.2) is 22.0 Å². The van der Waals surface area contributed by atoms with Gasteiger partial charge in [-0.15, -0.1) is 11.8 Å². The lowest BCUT2D eigenvalue weighted by Gasteiger charge is -2.31. The van der Waals surface area contributed by atoms with Gasteiger partial charge in [0.15, 0.2) is 16.6 Å². The number of benzene rings is 1. The van der Waals surface area contributed by atoms with E-state index in [4.69, 9.17) is 4.12 Å². The highest BCUT2D eigenvalue weighted by molar-refractivity contribution is 8.00. The summed E-state index contributed by atoms with van der Waals surface area (Å²) in [5.74, 6) is 0. The predicted octanol–water partition coefficient (Wildman–Crippen LogP) is 4.37. The van der Waals surface area contributed by atoms with Crippen molar-refractivity contribution < 1.29 is 4.12 Å². The molecule has 1 aromatic carbocycles. The van der Waals surface area contributed by atoms with E-state index in [1.807, 2.05) is 11.8 Å². The molecule has 0 amide bonds. The number of hydrogen-bond donors (Lipinski definition) is 0. The number of hydrogen-bond acceptors (Lipinski definition) is 2. The molecule has 0 saturated heterocycles. The molecule has 0 bridgehead atoms. The Morgan fingerprint density at radius 3 is 2.06 bits per heavy atom. The van der Waals surface area contributed by atoms with Crippen LogP contribution in [0.15, 0.2) is 35.2 Å². The van der Waals surface area contributed by atoms with E-state index in [-0.39, 0.29) is 0 Å². The standard InChI is InChI=1S/C12H22OSSi2/c1-15(2,3)13-16(4,5)11-14-12-9-7-6-8-10-12/h6-10H,11H2,1-5H3. The van der Waals surface area contributed by atoms with E-state index in [2.05, 4.69) is 63.1 Å². The molecule has 1 rings (SSSR count). The third-order valence-electron chi connectivity index (χ3n) is 1.91. The number of rotatable bonds is 5. The average molecular weight is 271 g/mol. The van der Waals surface area contributed by atoms with Crippen LogP contribution in [0.5, 0.6) is 0 Å². The average Bonchev–Trinajstić information content (AvgIpc) is 2.13. The topological polar surface area (TPSA) is 9.23 Å². The van der Waals surface area contributed by atoms with Crippen molar-refractivity contribution in [3.63, 3.8) is 0 Å². The van der Waals surface area contributed by atoms with Gasteiger partial charge in [0.1, 0.15) is 0 Å². The second-order valence-electron chi connectivity index (χ2n) is 5.58. The Kier molecular flexibility index (Phi) is 4.85. The summed E-state index contributed by atoms with van der Waals surface area (Å²) in [5.41, 5.74) is 0. The monoisotopic (exact) mass is 270 g/mol. The molecule has 0 unspecified atom stereocenters. The molecular formula is C12H22OSSi2. The van der Waals surface area contributed by atoms with Gasteiger partial charge in [0, 0.05) is 10.3 Å². The van der Waals surface area contributed by atoms with Crippen LogP contribution in [0.25, 0.3) is 0 Å². The van der Waals surface area contributed by atoms with Crippen molar-refractivity contribution in [3.8, 4) is 0 Å². The lowest BCUT2D eigenvalue weighted by atomic mass is 10.4. The molecule has 90 valence electrons. The molecule has 0 fully saturated rings. The van der Waals surface area contributed by atoms with Crippen LogP contribution in [-0.2, 0) is 4.12 Å². The molecule has 4 heteroatoms. The van der Waals surface area contributed by atoms with Crippen molar-refractivity contribution in [2.45, 2.75) is 37.6 Å². The Morgan fingerprint density at radius 2 is 1.56 bits per heavy atom. The van der Waals surface area contributed by atoms with Crippen LogP contribution in [0.1, 0.15) is 0 Å². The maximum Gasteiger partial charge on any atom is 0.183 e. The van der Waals surface area contributed by atoms with E-state index < -0.39 is 16.6 Å². The fraction of sp³-hybridized carbons (Fsp3) is 0.500. The summed E-state index contributed by atoms with van der Waals surface area (Å²) in [7, 11) is -2.88. The Balaban J connectivity index is 2.48. The van der Waals surface area contributed by atoms with Gasteiger partial charge in [-0.2, -0.15) is 0 Å². The van der Waals surface area contributed by atoms with Crippen molar-refractivity contribution in [3.05, 3.63) is 30.3 Å². The van der Waals surface area contributed by atoms with E-state index in [1.54, 1.807) is 0 Å². The van der Waals surface area contributed by atoms with Gasteiger partial charge >= 0.3 is 0 Å². The summed E-state index contributed by atoms with van der Waals surface area (Å²) in [5, 5.41) is 1.14. The second-order valence-corrected chi connectivity index (χ2v) is 16.1. The Morgan fingerprint density at radius 1 is 1.00 bits per heavy atom. The minimum Gasteiger partial charge on any atom is -0.455 e. The molecule has 0 aromatic heterocycles. The van der Waals surface area contributed by atoms with Gasteiger partial charge in [-0.25, -0.2) is 0 Å². The Hall–Kier alpha value is -0.0362. The normalized spacial score (nSPS) is 12.8. The zero-order valence-electron chi connectivity index (χ0n) is 10.9. The zero-order chi connectivity index (χ0) is 12.2. The van der Waals surface area contributed by atoms with Crippen molar-refractivity contribution in [1.29, 1.82) is 0 Å². The lowest BCUT2D eigenvalue weighted by Crippen LogP contribution is -2.44. The smallest absolute Gasteiger partial charge is 0.183 e. The fourth-order valence-corrected chi connectivity index (χ4v) is 11.4. The summed E-state index contributed by atoms with van der Waals surface area (Å²) in [6.45, 7) is 11.5. The van der Waals surface area contributed by atoms with Crippen LogP contribution >= 0.6 is 11.8 Å². The Labute approximate surface area is 106 Å². The van der Waals surface area contributed by atoms with Crippen LogP contribution in [0.3, 0.4) is 0 Å². The molecule has 0 saturated carbocycles. The van der Waals surface area contributed by atoms with Gasteiger partial charge in [0.25, 0.3) is 0 Å². The summed E-state index contributed by atoms with van der Waals surface area (Å²) < 4.78 is 6.30. The summed E-state index contributed by atoms with van der Waals surface area (Å²) in [6, 6.07) is 10.6. The largest absolute Gasteiger partial charge is 0.455 e. The summed E-state index contributed by atoms with van der Waals surface area (Å²) in [6.07, 6.45) is 0. The molecule has 0 aliphatic carbocycles. The first-order valence-electron chi connectivity index (χ1n) is 5.67. The number of thioether (sulfide) groups is 1. The minimum absolute atomic E-state index is 1.14. The minimum atomic E-state index is -1.50. The molecule has 1 aromatic rings. The zero-order valence-corrected chi connectivity index (χ0v) is 13.7. The van der Waals surface area contributed by atoms with Crippen LogP contribution < -0.4 is 0 Å². The molecule has 1 nitrogen and oxygen atoms in total.